The molecule has 1 aliphatic carbocycles. The molecule has 67 heavy (non-hydrogen) atoms. The van der Waals surface area contributed by atoms with Crippen molar-refractivity contribution in [3.05, 3.63) is 125 Å². The van der Waals surface area contributed by atoms with Gasteiger partial charge in [-0.1, -0.05) is 84.9 Å². The van der Waals surface area contributed by atoms with Gasteiger partial charge in [0.05, 0.1) is 31.4 Å². The lowest BCUT2D eigenvalue weighted by molar-refractivity contribution is -0.298. The van der Waals surface area contributed by atoms with E-state index in [2.05, 4.69) is 5.32 Å². The van der Waals surface area contributed by atoms with Gasteiger partial charge in [-0.05, 0) is 63.8 Å². The van der Waals surface area contributed by atoms with Crippen LogP contribution in [0.25, 0.3) is 6.08 Å². The van der Waals surface area contributed by atoms with Crippen LogP contribution in [0, 0.1) is 0 Å². The van der Waals surface area contributed by atoms with Gasteiger partial charge in [0.15, 0.2) is 6.29 Å². The van der Waals surface area contributed by atoms with Crippen LogP contribution >= 0.6 is 0 Å². The first-order valence-electron chi connectivity index (χ1n) is 22.6. The van der Waals surface area contributed by atoms with E-state index in [0.717, 1.165) is 0 Å². The number of benzene rings is 3. The summed E-state index contributed by atoms with van der Waals surface area (Å²) < 4.78 is 36.4. The molecule has 6 N–H and O–H groups in total. The van der Waals surface area contributed by atoms with Crippen LogP contribution in [0.5, 0.6) is 0 Å². The average Bonchev–Trinajstić information content (AvgIpc) is 3.99. The van der Waals surface area contributed by atoms with Gasteiger partial charge in [0, 0.05) is 36.1 Å². The fraction of sp³-hybridized carbons (Fsp3) is 0.480. The highest BCUT2D eigenvalue weighted by Gasteiger charge is 2.55. The van der Waals surface area contributed by atoms with Gasteiger partial charge in [-0.3, -0.25) is 14.4 Å². The molecule has 0 aromatic heterocycles. The zero-order valence-electron chi connectivity index (χ0n) is 37.7. The summed E-state index contributed by atoms with van der Waals surface area (Å²) in [7, 11) is 0. The zero-order valence-corrected chi connectivity index (χ0v) is 37.7. The summed E-state index contributed by atoms with van der Waals surface area (Å²) in [5.74, 6) is -3.52. The second-order valence-corrected chi connectivity index (χ2v) is 18.1. The summed E-state index contributed by atoms with van der Waals surface area (Å²) >= 11 is 0. The average molecular weight is 929 g/mol. The molecule has 3 aromatic rings. The summed E-state index contributed by atoms with van der Waals surface area (Å²) in [5.41, 5.74) is 1.71. The number of likely N-dealkylation sites (tertiary alicyclic amines) is 1. The normalized spacial score (nSPS) is 27.5. The van der Waals surface area contributed by atoms with E-state index in [4.69, 9.17) is 28.4 Å². The van der Waals surface area contributed by atoms with E-state index in [1.807, 2.05) is 60.7 Å². The van der Waals surface area contributed by atoms with Crippen LogP contribution in [0.15, 0.2) is 103 Å². The molecule has 360 valence electrons. The van der Waals surface area contributed by atoms with Crippen molar-refractivity contribution in [2.24, 2.45) is 0 Å². The van der Waals surface area contributed by atoms with E-state index in [-0.39, 0.29) is 43.6 Å². The Morgan fingerprint density at radius 2 is 1.61 bits per heavy atom. The molecule has 0 spiro atoms. The van der Waals surface area contributed by atoms with E-state index in [1.54, 1.807) is 63.3 Å². The number of ether oxygens (including phenoxy) is 6. The topological polar surface area (TPSA) is 240 Å². The second kappa shape index (κ2) is 21.7. The van der Waals surface area contributed by atoms with Crippen molar-refractivity contribution in [1.82, 2.24) is 10.2 Å². The predicted molar refractivity (Wildman–Crippen MR) is 239 cm³/mol. The minimum atomic E-state index is -1.58. The van der Waals surface area contributed by atoms with E-state index in [1.165, 1.54) is 4.90 Å². The molecule has 10 atom stereocenters. The Balaban J connectivity index is 1.09. The third-order valence-corrected chi connectivity index (χ3v) is 12.1. The number of carbonyl (C=O) groups is 4. The number of fused-ring (bicyclic) bond motifs is 1. The number of hydrogen-bond acceptors (Lipinski definition) is 15. The molecule has 17 heteroatoms. The van der Waals surface area contributed by atoms with Crippen LogP contribution in [0.1, 0.15) is 79.9 Å². The molecule has 3 aromatic carbocycles. The van der Waals surface area contributed by atoms with E-state index >= 15 is 0 Å². The maximum Gasteiger partial charge on any atom is 0.338 e. The minimum Gasteiger partial charge on any atom is -0.460 e. The number of nitrogens with zero attached hydrogens (tertiary/aromatic N) is 1. The highest BCUT2D eigenvalue weighted by molar-refractivity contribution is 5.98. The van der Waals surface area contributed by atoms with Crippen molar-refractivity contribution >= 4 is 29.8 Å². The van der Waals surface area contributed by atoms with Gasteiger partial charge in [-0.15, -0.1) is 0 Å². The highest BCUT2D eigenvalue weighted by atomic mass is 16.8. The molecule has 4 aliphatic rings. The number of nitrogens with one attached hydrogen (secondary N) is 1. The predicted octanol–water partition coefficient (Wildman–Crippen LogP) is 2.65. The van der Waals surface area contributed by atoms with Crippen molar-refractivity contribution in [1.29, 1.82) is 0 Å². The van der Waals surface area contributed by atoms with Gasteiger partial charge in [-0.2, -0.15) is 0 Å². The summed E-state index contributed by atoms with van der Waals surface area (Å²) in [4.78, 5) is 56.4. The van der Waals surface area contributed by atoms with Crippen molar-refractivity contribution in [3.8, 4) is 0 Å². The summed E-state index contributed by atoms with van der Waals surface area (Å²) in [6, 6.07) is 23.6. The number of amides is 2. The molecule has 7 rings (SSSR count). The molecular formula is C50H60N2O15. The maximum absolute atomic E-state index is 14.6. The third-order valence-electron chi connectivity index (χ3n) is 12.1. The van der Waals surface area contributed by atoms with Crippen molar-refractivity contribution < 1.29 is 73.1 Å². The van der Waals surface area contributed by atoms with E-state index in [9.17, 15) is 44.7 Å². The van der Waals surface area contributed by atoms with Gasteiger partial charge in [0.1, 0.15) is 54.4 Å². The van der Waals surface area contributed by atoms with Gasteiger partial charge in [0.25, 0.3) is 0 Å². The largest absolute Gasteiger partial charge is 0.460 e. The quantitative estimate of drug-likeness (QED) is 0.113. The molecule has 0 bridgehead atoms. The fourth-order valence-electron chi connectivity index (χ4n) is 8.75. The Morgan fingerprint density at radius 1 is 0.910 bits per heavy atom. The summed E-state index contributed by atoms with van der Waals surface area (Å²) in [5, 5.41) is 52.8. The molecule has 0 saturated carbocycles. The van der Waals surface area contributed by atoms with Crippen LogP contribution in [0.2, 0.25) is 0 Å². The molecule has 3 aliphatic heterocycles. The molecule has 3 heterocycles. The lowest BCUT2D eigenvalue weighted by Crippen LogP contribution is -2.59. The highest BCUT2D eigenvalue weighted by Crippen LogP contribution is 2.47. The molecule has 0 radical (unpaired) electrons. The molecule has 2 amide bonds. The fourth-order valence-corrected chi connectivity index (χ4v) is 8.75. The smallest absolute Gasteiger partial charge is 0.338 e. The molecule has 3 fully saturated rings. The van der Waals surface area contributed by atoms with Crippen LogP contribution in [-0.2, 0) is 48.6 Å². The first-order chi connectivity index (χ1) is 32.1. The first-order valence-corrected chi connectivity index (χ1v) is 22.6. The number of aliphatic hydroxyl groups excluding tert-OH is 5. The summed E-state index contributed by atoms with van der Waals surface area (Å²) in [6.45, 7) is 4.43. The first kappa shape index (κ1) is 49.6. The Labute approximate surface area is 388 Å². The van der Waals surface area contributed by atoms with Gasteiger partial charge in [0.2, 0.25) is 17.6 Å². The van der Waals surface area contributed by atoms with Crippen LogP contribution in [0.4, 0.5) is 0 Å². The Kier molecular flexibility index (Phi) is 16.1. The lowest BCUT2D eigenvalue weighted by atomic mass is 9.91. The maximum atomic E-state index is 14.6. The standard InChI is InChI=1S/C50H60N2O15/c1-49(2,3)66-40(55)22-21-35(28-53)51-45(59)36-20-11-23-52(36)46(60)32-26-37(44-38(27-32)65-50(67-44,33-16-6-4-7-17-33)34-18-8-5-9-19-34)63-47(61)31-15-10-13-30(25-31)14-12-24-62-48-43(58)42(57)41(56)39(29-54)64-48/h4-10,12-19,25,27,35-39,41-44,48,53-54,56-58H,11,20-24,26,28-29H2,1-3H3,(H,51,59). The van der Waals surface area contributed by atoms with Crippen LogP contribution in [0.3, 0.4) is 0 Å². The van der Waals surface area contributed by atoms with Crippen LogP contribution < -0.4 is 5.32 Å². The lowest BCUT2D eigenvalue weighted by Gasteiger charge is -2.39. The second-order valence-electron chi connectivity index (χ2n) is 18.1. The number of carbonyl (C=O) groups excluding carboxylic acids is 4. The number of rotatable bonds is 16. The number of esters is 2. The monoisotopic (exact) mass is 928 g/mol. The molecular weight excluding hydrogens is 869 g/mol. The molecule has 3 saturated heterocycles. The van der Waals surface area contributed by atoms with Crippen molar-refractivity contribution in [3.63, 3.8) is 0 Å². The minimum absolute atomic E-state index is 0.0222. The van der Waals surface area contributed by atoms with Gasteiger partial charge >= 0.3 is 11.9 Å². The Bertz CT molecular complexity index is 2210. The third kappa shape index (κ3) is 11.7. The molecule has 17 nitrogen and oxygen atoms in total. The van der Waals surface area contributed by atoms with Crippen molar-refractivity contribution in [2.75, 3.05) is 26.4 Å². The number of hydrogen-bond donors (Lipinski definition) is 6. The molecule has 10 unspecified atom stereocenters. The summed E-state index contributed by atoms with van der Waals surface area (Å²) in [6.07, 6.45) is -3.99. The van der Waals surface area contributed by atoms with Gasteiger partial charge in [-0.25, -0.2) is 4.79 Å². The van der Waals surface area contributed by atoms with Crippen molar-refractivity contribution in [2.45, 2.75) is 125 Å². The Hall–Kier alpha value is -5.34. The van der Waals surface area contributed by atoms with Gasteiger partial charge < -0.3 is 64.2 Å². The SMILES string of the molecule is CC(C)(C)OC(=O)CCC(CO)NC(=O)C1CCCN1C(=O)C1=CC2OC(c3ccccc3)(c3ccccc3)OC2C(OC(=O)c2cccc(C=CCOC3OC(CO)C(O)C(O)C3O)c2)C1. The van der Waals surface area contributed by atoms with E-state index < -0.39 is 109 Å². The Morgan fingerprint density at radius 3 is 2.27 bits per heavy atom. The zero-order chi connectivity index (χ0) is 47.9. The van der Waals surface area contributed by atoms with E-state index in [0.29, 0.717) is 29.5 Å². The van der Waals surface area contributed by atoms with Crippen LogP contribution in [-0.4, -0.2) is 147 Å². The number of aliphatic hydroxyl groups is 5.